The maximum atomic E-state index is 13.0. The molecular formula is C23H23N5O3S2. The third-order valence-electron chi connectivity index (χ3n) is 5.64. The van der Waals surface area contributed by atoms with Gasteiger partial charge in [0.2, 0.25) is 11.1 Å². The van der Waals surface area contributed by atoms with Crippen molar-refractivity contribution in [3.05, 3.63) is 40.3 Å². The van der Waals surface area contributed by atoms with Gasteiger partial charge in [0.15, 0.2) is 5.65 Å². The number of esters is 1. The van der Waals surface area contributed by atoms with Crippen LogP contribution in [0.3, 0.4) is 0 Å². The maximum absolute atomic E-state index is 13.0. The van der Waals surface area contributed by atoms with Crippen molar-refractivity contribution in [1.82, 2.24) is 20.2 Å². The Morgan fingerprint density at radius 3 is 2.91 bits per heavy atom. The van der Waals surface area contributed by atoms with Crippen LogP contribution in [0.5, 0.6) is 0 Å². The molecule has 4 aromatic rings. The lowest BCUT2D eigenvalue weighted by Gasteiger charge is -2.13. The highest BCUT2D eigenvalue weighted by Crippen LogP contribution is 2.39. The summed E-state index contributed by atoms with van der Waals surface area (Å²) in [6, 6.07) is 7.82. The summed E-state index contributed by atoms with van der Waals surface area (Å²) >= 11 is 2.71. The van der Waals surface area contributed by atoms with Gasteiger partial charge < -0.3 is 15.0 Å². The van der Waals surface area contributed by atoms with Gasteiger partial charge in [-0.1, -0.05) is 30.0 Å². The molecule has 0 saturated carbocycles. The number of amides is 1. The van der Waals surface area contributed by atoms with Crippen LogP contribution in [0, 0.1) is 0 Å². The van der Waals surface area contributed by atoms with Crippen LogP contribution in [0.15, 0.2) is 29.4 Å². The van der Waals surface area contributed by atoms with Crippen LogP contribution in [0.25, 0.3) is 22.1 Å². The molecule has 0 bridgehead atoms. The fourth-order valence-corrected chi connectivity index (χ4v) is 6.05. The quantitative estimate of drug-likeness (QED) is 0.302. The highest BCUT2D eigenvalue weighted by atomic mass is 32.2. The van der Waals surface area contributed by atoms with Gasteiger partial charge in [-0.2, -0.15) is 0 Å². The van der Waals surface area contributed by atoms with Gasteiger partial charge in [0.05, 0.1) is 17.4 Å². The number of thiophene rings is 1. The Morgan fingerprint density at radius 1 is 1.24 bits per heavy atom. The summed E-state index contributed by atoms with van der Waals surface area (Å²) in [7, 11) is 0. The molecular weight excluding hydrogens is 458 g/mol. The van der Waals surface area contributed by atoms with Crippen LogP contribution < -0.4 is 5.32 Å². The summed E-state index contributed by atoms with van der Waals surface area (Å²) in [6.45, 7) is 3.87. The molecule has 0 aliphatic heterocycles. The van der Waals surface area contributed by atoms with E-state index in [1.54, 1.807) is 13.8 Å². The number of carbonyl (C=O) groups excluding carboxylic acids is 2. The van der Waals surface area contributed by atoms with Gasteiger partial charge >= 0.3 is 5.97 Å². The van der Waals surface area contributed by atoms with Gasteiger partial charge in [0.1, 0.15) is 10.5 Å². The van der Waals surface area contributed by atoms with Gasteiger partial charge in [-0.25, -0.2) is 9.78 Å². The van der Waals surface area contributed by atoms with Crippen LogP contribution >= 0.6 is 23.1 Å². The molecule has 3 aromatic heterocycles. The number of nitrogens with one attached hydrogen (secondary N) is 2. The SMILES string of the molecule is CCOC(=O)c1c(NC(=O)C(C)Sc2nnc3c(n2)[nH]c2ccccc23)sc2c1CCCC2. The normalized spacial score (nSPS) is 14.2. The fourth-order valence-electron chi connectivity index (χ4n) is 4.05. The van der Waals surface area contributed by atoms with E-state index < -0.39 is 5.25 Å². The van der Waals surface area contributed by atoms with E-state index >= 15 is 0 Å². The smallest absolute Gasteiger partial charge is 0.341 e. The number of anilines is 1. The number of rotatable bonds is 6. The van der Waals surface area contributed by atoms with Gasteiger partial charge in [0, 0.05) is 15.8 Å². The van der Waals surface area contributed by atoms with Crippen molar-refractivity contribution in [1.29, 1.82) is 0 Å². The number of aryl methyl sites for hydroxylation is 1. The van der Waals surface area contributed by atoms with Gasteiger partial charge in [-0.15, -0.1) is 21.5 Å². The number of hydrogen-bond donors (Lipinski definition) is 2. The van der Waals surface area contributed by atoms with E-state index in [0.29, 0.717) is 33.5 Å². The lowest BCUT2D eigenvalue weighted by Crippen LogP contribution is -2.23. The molecule has 5 rings (SSSR count). The monoisotopic (exact) mass is 481 g/mol. The van der Waals surface area contributed by atoms with Crippen LogP contribution in [0.4, 0.5) is 5.00 Å². The fraction of sp³-hybridized carbons (Fsp3) is 0.348. The van der Waals surface area contributed by atoms with E-state index in [9.17, 15) is 9.59 Å². The number of carbonyl (C=O) groups is 2. The molecule has 0 fully saturated rings. The minimum atomic E-state index is -0.484. The number of nitrogens with zero attached hydrogens (tertiary/aromatic N) is 3. The van der Waals surface area contributed by atoms with E-state index in [4.69, 9.17) is 4.74 Å². The van der Waals surface area contributed by atoms with Crippen LogP contribution in [-0.2, 0) is 22.4 Å². The zero-order chi connectivity index (χ0) is 22.9. The van der Waals surface area contributed by atoms with Gasteiger partial charge in [-0.05, 0) is 51.2 Å². The van der Waals surface area contributed by atoms with Crippen molar-refractivity contribution in [2.24, 2.45) is 0 Å². The molecule has 1 aliphatic rings. The minimum absolute atomic E-state index is 0.218. The van der Waals surface area contributed by atoms with Gasteiger partial charge in [-0.3, -0.25) is 4.79 Å². The van der Waals surface area contributed by atoms with E-state index in [1.165, 1.54) is 23.1 Å². The largest absolute Gasteiger partial charge is 0.462 e. The highest BCUT2D eigenvalue weighted by molar-refractivity contribution is 8.00. The third-order valence-corrected chi connectivity index (χ3v) is 7.80. The maximum Gasteiger partial charge on any atom is 0.341 e. The van der Waals surface area contributed by atoms with Crippen molar-refractivity contribution >= 4 is 62.0 Å². The Kier molecular flexibility index (Phi) is 6.03. The van der Waals surface area contributed by atoms with Crippen molar-refractivity contribution in [2.75, 3.05) is 11.9 Å². The first kappa shape index (κ1) is 21.8. The lowest BCUT2D eigenvalue weighted by atomic mass is 9.95. The summed E-state index contributed by atoms with van der Waals surface area (Å²) in [5, 5.41) is 12.9. The first-order valence-corrected chi connectivity index (χ1v) is 12.6. The molecule has 2 N–H and O–H groups in total. The third kappa shape index (κ3) is 4.20. The molecule has 0 saturated heterocycles. The van der Waals surface area contributed by atoms with Crippen LogP contribution in [0.1, 0.15) is 47.5 Å². The molecule has 10 heteroatoms. The van der Waals surface area contributed by atoms with Crippen molar-refractivity contribution in [2.45, 2.75) is 49.9 Å². The van der Waals surface area contributed by atoms with Crippen molar-refractivity contribution in [3.63, 3.8) is 0 Å². The zero-order valence-electron chi connectivity index (χ0n) is 18.3. The summed E-state index contributed by atoms with van der Waals surface area (Å²) in [4.78, 5) is 34.6. The predicted molar refractivity (Wildman–Crippen MR) is 130 cm³/mol. The molecule has 33 heavy (non-hydrogen) atoms. The highest BCUT2D eigenvalue weighted by Gasteiger charge is 2.28. The van der Waals surface area contributed by atoms with E-state index in [2.05, 4.69) is 25.5 Å². The summed E-state index contributed by atoms with van der Waals surface area (Å²) in [5.74, 6) is -0.589. The molecule has 1 atom stereocenters. The standard InChI is InChI=1S/C23H23N5O3S2/c1-3-31-22(30)17-14-9-5-7-11-16(14)33-21(17)26-20(29)12(2)32-23-25-19-18(27-28-23)13-8-4-6-10-15(13)24-19/h4,6,8,10,12H,3,5,7,9,11H2,1-2H3,(H,26,29)(H,24,25,28). The molecule has 170 valence electrons. The molecule has 0 radical (unpaired) electrons. The molecule has 1 unspecified atom stereocenters. The van der Waals surface area contributed by atoms with Crippen molar-refractivity contribution < 1.29 is 14.3 Å². The molecule has 0 spiro atoms. The summed E-state index contributed by atoms with van der Waals surface area (Å²) < 4.78 is 5.28. The molecule has 1 amide bonds. The number of para-hydroxylation sites is 1. The predicted octanol–water partition coefficient (Wildman–Crippen LogP) is 4.74. The number of aromatic amines is 1. The Labute approximate surface area is 198 Å². The molecule has 1 aliphatic carbocycles. The first-order valence-electron chi connectivity index (χ1n) is 11.0. The average Bonchev–Trinajstić information content (AvgIpc) is 3.36. The van der Waals surface area contributed by atoms with E-state index in [-0.39, 0.29) is 11.9 Å². The molecule has 1 aromatic carbocycles. The van der Waals surface area contributed by atoms with E-state index in [1.807, 2.05) is 24.3 Å². The Balaban J connectivity index is 1.35. The first-order chi connectivity index (χ1) is 16.0. The lowest BCUT2D eigenvalue weighted by molar-refractivity contribution is -0.115. The number of H-pyrrole nitrogens is 1. The van der Waals surface area contributed by atoms with Crippen LogP contribution in [0.2, 0.25) is 0 Å². The van der Waals surface area contributed by atoms with Gasteiger partial charge in [0.25, 0.3) is 0 Å². The number of aromatic nitrogens is 4. The minimum Gasteiger partial charge on any atom is -0.462 e. The second-order valence-electron chi connectivity index (χ2n) is 7.85. The number of hydrogen-bond acceptors (Lipinski definition) is 8. The number of benzene rings is 1. The van der Waals surface area contributed by atoms with E-state index in [0.717, 1.165) is 47.0 Å². The zero-order valence-corrected chi connectivity index (χ0v) is 19.9. The Bertz CT molecular complexity index is 1360. The Morgan fingerprint density at radius 2 is 2.06 bits per heavy atom. The molecule has 8 nitrogen and oxygen atoms in total. The number of thioether (sulfide) groups is 1. The number of fused-ring (bicyclic) bond motifs is 4. The van der Waals surface area contributed by atoms with Crippen molar-refractivity contribution in [3.8, 4) is 0 Å². The number of ether oxygens (including phenoxy) is 1. The summed E-state index contributed by atoms with van der Waals surface area (Å²) in [5.41, 5.74) is 3.82. The Hall–Kier alpha value is -2.98. The summed E-state index contributed by atoms with van der Waals surface area (Å²) in [6.07, 6.45) is 3.90. The second kappa shape index (κ2) is 9.11. The van der Waals surface area contributed by atoms with Crippen LogP contribution in [-0.4, -0.2) is 43.9 Å². The topological polar surface area (TPSA) is 110 Å². The second-order valence-corrected chi connectivity index (χ2v) is 10.3. The average molecular weight is 482 g/mol. The molecule has 3 heterocycles.